The van der Waals surface area contributed by atoms with Crippen LogP contribution in [0.4, 0.5) is 5.69 Å². The van der Waals surface area contributed by atoms with Gasteiger partial charge in [-0.25, -0.2) is 13.4 Å². The van der Waals surface area contributed by atoms with E-state index in [1.54, 1.807) is 24.3 Å². The van der Waals surface area contributed by atoms with E-state index in [0.29, 0.717) is 15.7 Å². The monoisotopic (exact) mass is 344 g/mol. The number of nitrogens with zero attached hydrogens (tertiary/aromatic N) is 1. The molecule has 0 bridgehead atoms. The molecule has 1 aromatic heterocycles. The minimum atomic E-state index is -3.29. The number of halogens is 2. The standard InChI is InChI=1S/C14H14Cl2N2O2S/c1-9(12-7-10(15)3-5-13(12)16)18-11-4-6-14(17-8-11)21(2,19)20/h3-9,18H,1-2H3. The zero-order chi connectivity index (χ0) is 15.6. The molecule has 0 aliphatic rings. The van der Waals surface area contributed by atoms with Crippen LogP contribution in [0.1, 0.15) is 18.5 Å². The highest BCUT2D eigenvalue weighted by atomic mass is 35.5. The van der Waals surface area contributed by atoms with Crippen LogP contribution in [0.25, 0.3) is 0 Å². The zero-order valence-corrected chi connectivity index (χ0v) is 13.8. The largest absolute Gasteiger partial charge is 0.377 e. The first kappa shape index (κ1) is 16.1. The van der Waals surface area contributed by atoms with Crippen molar-refractivity contribution >= 4 is 38.7 Å². The van der Waals surface area contributed by atoms with Crippen molar-refractivity contribution in [2.75, 3.05) is 11.6 Å². The molecule has 112 valence electrons. The summed E-state index contributed by atoms with van der Waals surface area (Å²) in [5, 5.41) is 4.46. The summed E-state index contributed by atoms with van der Waals surface area (Å²) in [5.41, 5.74) is 1.56. The van der Waals surface area contributed by atoms with Gasteiger partial charge in [0, 0.05) is 16.3 Å². The van der Waals surface area contributed by atoms with E-state index >= 15 is 0 Å². The average Bonchev–Trinajstić information content (AvgIpc) is 2.41. The number of benzene rings is 1. The lowest BCUT2D eigenvalue weighted by Gasteiger charge is -2.17. The van der Waals surface area contributed by atoms with Gasteiger partial charge in [0.25, 0.3) is 0 Å². The molecule has 4 nitrogen and oxygen atoms in total. The van der Waals surface area contributed by atoms with Gasteiger partial charge in [0.1, 0.15) is 0 Å². The van der Waals surface area contributed by atoms with E-state index in [1.165, 1.54) is 12.3 Å². The summed E-state index contributed by atoms with van der Waals surface area (Å²) in [5.74, 6) is 0. The molecule has 21 heavy (non-hydrogen) atoms. The molecule has 1 N–H and O–H groups in total. The van der Waals surface area contributed by atoms with Gasteiger partial charge in [-0.1, -0.05) is 23.2 Å². The molecular weight excluding hydrogens is 331 g/mol. The number of anilines is 1. The maximum Gasteiger partial charge on any atom is 0.192 e. The molecule has 1 unspecified atom stereocenters. The topological polar surface area (TPSA) is 59.1 Å². The molecule has 1 heterocycles. The quantitative estimate of drug-likeness (QED) is 0.911. The minimum absolute atomic E-state index is 0.0430. The number of aromatic nitrogens is 1. The van der Waals surface area contributed by atoms with Crippen LogP contribution in [0.5, 0.6) is 0 Å². The average molecular weight is 345 g/mol. The number of nitrogens with one attached hydrogen (secondary N) is 1. The molecule has 7 heteroatoms. The van der Waals surface area contributed by atoms with Crippen LogP contribution in [-0.2, 0) is 9.84 Å². The van der Waals surface area contributed by atoms with Gasteiger partial charge in [-0.3, -0.25) is 0 Å². The molecule has 0 fully saturated rings. The van der Waals surface area contributed by atoms with Crippen molar-refractivity contribution in [2.24, 2.45) is 0 Å². The Morgan fingerprint density at radius 3 is 2.48 bits per heavy atom. The molecule has 0 saturated heterocycles. The molecule has 0 radical (unpaired) electrons. The van der Waals surface area contributed by atoms with Gasteiger partial charge in [-0.05, 0) is 42.8 Å². The smallest absolute Gasteiger partial charge is 0.192 e. The first-order chi connectivity index (χ1) is 9.77. The molecule has 0 aliphatic heterocycles. The van der Waals surface area contributed by atoms with Crippen LogP contribution in [0.2, 0.25) is 10.0 Å². The number of hydrogen-bond donors (Lipinski definition) is 1. The lowest BCUT2D eigenvalue weighted by atomic mass is 10.1. The molecule has 1 atom stereocenters. The summed E-state index contributed by atoms with van der Waals surface area (Å²) in [6.45, 7) is 1.93. The third-order valence-corrected chi connectivity index (χ3v) is 4.50. The Bertz CT molecular complexity index is 746. The Kier molecular flexibility index (Phi) is 4.76. The summed E-state index contributed by atoms with van der Waals surface area (Å²) < 4.78 is 22.7. The zero-order valence-electron chi connectivity index (χ0n) is 11.5. The van der Waals surface area contributed by atoms with Crippen molar-refractivity contribution in [3.05, 3.63) is 52.1 Å². The van der Waals surface area contributed by atoms with Gasteiger partial charge >= 0.3 is 0 Å². The second kappa shape index (κ2) is 6.22. The fourth-order valence-electron chi connectivity index (χ4n) is 1.86. The third-order valence-electron chi connectivity index (χ3n) is 2.92. The number of rotatable bonds is 4. The van der Waals surface area contributed by atoms with Gasteiger partial charge in [0.15, 0.2) is 14.9 Å². The number of pyridine rings is 1. The van der Waals surface area contributed by atoms with Crippen molar-refractivity contribution in [2.45, 2.75) is 18.0 Å². The van der Waals surface area contributed by atoms with Gasteiger partial charge in [0.05, 0.1) is 17.9 Å². The van der Waals surface area contributed by atoms with Gasteiger partial charge in [0.2, 0.25) is 0 Å². The SMILES string of the molecule is CC(Nc1ccc(S(C)(=O)=O)nc1)c1cc(Cl)ccc1Cl. The fourth-order valence-corrected chi connectivity index (χ4v) is 2.88. The Hall–Kier alpha value is -1.30. The Labute approximate surface area is 134 Å². The summed E-state index contributed by atoms with van der Waals surface area (Å²) in [4.78, 5) is 3.93. The van der Waals surface area contributed by atoms with Gasteiger partial charge < -0.3 is 5.32 Å². The van der Waals surface area contributed by atoms with E-state index in [9.17, 15) is 8.42 Å². The predicted molar refractivity (Wildman–Crippen MR) is 85.8 cm³/mol. The van der Waals surface area contributed by atoms with Crippen LogP contribution in [-0.4, -0.2) is 19.7 Å². The molecule has 0 amide bonds. The second-order valence-corrected chi connectivity index (χ2v) is 7.50. The first-order valence-corrected chi connectivity index (χ1v) is 8.79. The lowest BCUT2D eigenvalue weighted by Crippen LogP contribution is -2.08. The van der Waals surface area contributed by atoms with Crippen molar-refractivity contribution in [3.8, 4) is 0 Å². The van der Waals surface area contributed by atoms with E-state index in [-0.39, 0.29) is 11.1 Å². The second-order valence-electron chi connectivity index (χ2n) is 4.69. The van der Waals surface area contributed by atoms with Crippen LogP contribution in [0.3, 0.4) is 0 Å². The summed E-state index contributed by atoms with van der Waals surface area (Å²) in [6.07, 6.45) is 2.60. The highest BCUT2D eigenvalue weighted by Crippen LogP contribution is 2.28. The Morgan fingerprint density at radius 2 is 1.90 bits per heavy atom. The van der Waals surface area contributed by atoms with Crippen molar-refractivity contribution in [1.29, 1.82) is 0 Å². The molecule has 1 aromatic carbocycles. The van der Waals surface area contributed by atoms with Crippen LogP contribution < -0.4 is 5.32 Å². The molecular formula is C14H14Cl2N2O2S. The summed E-state index contributed by atoms with van der Waals surface area (Å²) in [7, 11) is -3.29. The van der Waals surface area contributed by atoms with E-state index in [4.69, 9.17) is 23.2 Å². The maximum absolute atomic E-state index is 11.4. The van der Waals surface area contributed by atoms with Crippen molar-refractivity contribution in [3.63, 3.8) is 0 Å². The van der Waals surface area contributed by atoms with Crippen molar-refractivity contribution in [1.82, 2.24) is 4.98 Å². The van der Waals surface area contributed by atoms with Crippen LogP contribution in [0.15, 0.2) is 41.6 Å². The molecule has 2 aromatic rings. The fraction of sp³-hybridized carbons (Fsp3) is 0.214. The highest BCUT2D eigenvalue weighted by molar-refractivity contribution is 7.90. The molecule has 0 aliphatic carbocycles. The van der Waals surface area contributed by atoms with E-state index < -0.39 is 9.84 Å². The highest BCUT2D eigenvalue weighted by Gasteiger charge is 2.12. The Balaban J connectivity index is 2.20. The molecule has 2 rings (SSSR count). The molecule has 0 saturated carbocycles. The van der Waals surface area contributed by atoms with Gasteiger partial charge in [-0.15, -0.1) is 0 Å². The maximum atomic E-state index is 11.4. The first-order valence-electron chi connectivity index (χ1n) is 6.15. The third kappa shape index (κ3) is 4.09. The summed E-state index contributed by atoms with van der Waals surface area (Å²) in [6, 6.07) is 8.29. The van der Waals surface area contributed by atoms with E-state index in [0.717, 1.165) is 11.8 Å². The van der Waals surface area contributed by atoms with E-state index in [2.05, 4.69) is 10.3 Å². The number of hydrogen-bond acceptors (Lipinski definition) is 4. The summed E-state index contributed by atoms with van der Waals surface area (Å²) >= 11 is 12.1. The molecule has 0 spiro atoms. The normalized spacial score (nSPS) is 13.0. The van der Waals surface area contributed by atoms with Gasteiger partial charge in [-0.2, -0.15) is 0 Å². The Morgan fingerprint density at radius 1 is 1.19 bits per heavy atom. The minimum Gasteiger partial charge on any atom is -0.377 e. The van der Waals surface area contributed by atoms with Crippen molar-refractivity contribution < 1.29 is 8.42 Å². The predicted octanol–water partition coefficient (Wildman–Crippen LogP) is 3.97. The number of sulfone groups is 1. The van der Waals surface area contributed by atoms with E-state index in [1.807, 2.05) is 6.92 Å². The van der Waals surface area contributed by atoms with Crippen LogP contribution in [0, 0.1) is 0 Å². The van der Waals surface area contributed by atoms with Crippen LogP contribution >= 0.6 is 23.2 Å². The lowest BCUT2D eigenvalue weighted by molar-refractivity contribution is 0.598.